The number of carboxylic acid groups (broad SMARTS) is 1. The van der Waals surface area contributed by atoms with Crippen LogP contribution >= 0.6 is 0 Å². The number of hydrogen-bond donors (Lipinski definition) is 2. The van der Waals surface area contributed by atoms with Gasteiger partial charge in [-0.2, -0.15) is 0 Å². The molecule has 0 saturated heterocycles. The Bertz CT molecular complexity index is 381. The van der Waals surface area contributed by atoms with E-state index >= 15 is 0 Å². The molecule has 0 spiro atoms. The number of carbonyl (C=O) groups is 2. The lowest BCUT2D eigenvalue weighted by molar-refractivity contribution is 0.0659. The first-order chi connectivity index (χ1) is 7.15. The van der Waals surface area contributed by atoms with Gasteiger partial charge in [-0.15, -0.1) is 6.58 Å². The Morgan fingerprint density at radius 3 is 2.67 bits per heavy atom. The van der Waals surface area contributed by atoms with E-state index < -0.39 is 11.9 Å². The smallest absolute Gasteiger partial charge is 0.371 e. The highest BCUT2D eigenvalue weighted by Crippen LogP contribution is 2.07. The summed E-state index contributed by atoms with van der Waals surface area (Å²) in [6.45, 7) is 3.95. The van der Waals surface area contributed by atoms with E-state index in [4.69, 9.17) is 9.52 Å². The third-order valence-corrected chi connectivity index (χ3v) is 1.67. The van der Waals surface area contributed by atoms with E-state index in [0.29, 0.717) is 13.0 Å². The number of amides is 1. The van der Waals surface area contributed by atoms with E-state index in [2.05, 4.69) is 11.9 Å². The number of carbonyl (C=O) groups excluding carboxylic acids is 1. The van der Waals surface area contributed by atoms with Crippen LogP contribution in [0.5, 0.6) is 0 Å². The second-order valence-corrected chi connectivity index (χ2v) is 2.80. The van der Waals surface area contributed by atoms with Gasteiger partial charge in [-0.3, -0.25) is 4.79 Å². The Morgan fingerprint density at radius 1 is 1.47 bits per heavy atom. The van der Waals surface area contributed by atoms with Crippen LogP contribution in [0.3, 0.4) is 0 Å². The van der Waals surface area contributed by atoms with E-state index in [-0.39, 0.29) is 11.5 Å². The fourth-order valence-corrected chi connectivity index (χ4v) is 0.950. The van der Waals surface area contributed by atoms with Crippen molar-refractivity contribution in [2.24, 2.45) is 0 Å². The van der Waals surface area contributed by atoms with Gasteiger partial charge in [0, 0.05) is 6.54 Å². The van der Waals surface area contributed by atoms with Crippen LogP contribution in [0.1, 0.15) is 27.5 Å². The van der Waals surface area contributed by atoms with Crippen molar-refractivity contribution < 1.29 is 19.1 Å². The highest BCUT2D eigenvalue weighted by atomic mass is 16.4. The number of hydrogen-bond acceptors (Lipinski definition) is 3. The van der Waals surface area contributed by atoms with Gasteiger partial charge in [0.25, 0.3) is 5.91 Å². The quantitative estimate of drug-likeness (QED) is 0.565. The average molecular weight is 209 g/mol. The molecule has 1 amide bonds. The summed E-state index contributed by atoms with van der Waals surface area (Å²) in [7, 11) is 0. The van der Waals surface area contributed by atoms with Crippen LogP contribution in [0.25, 0.3) is 0 Å². The van der Waals surface area contributed by atoms with Gasteiger partial charge >= 0.3 is 5.97 Å². The Labute approximate surface area is 86.4 Å². The van der Waals surface area contributed by atoms with Crippen molar-refractivity contribution in [3.8, 4) is 0 Å². The summed E-state index contributed by atoms with van der Waals surface area (Å²) >= 11 is 0. The topological polar surface area (TPSA) is 79.5 Å². The molecule has 0 aliphatic heterocycles. The average Bonchev–Trinajstić information content (AvgIpc) is 2.66. The molecular weight excluding hydrogens is 198 g/mol. The highest BCUT2D eigenvalue weighted by Gasteiger charge is 2.13. The minimum absolute atomic E-state index is 0.00328. The van der Waals surface area contributed by atoms with Crippen molar-refractivity contribution >= 4 is 11.9 Å². The van der Waals surface area contributed by atoms with Crippen LogP contribution in [0, 0.1) is 0 Å². The number of furan rings is 1. The summed E-state index contributed by atoms with van der Waals surface area (Å²) in [5.74, 6) is -1.87. The van der Waals surface area contributed by atoms with Crippen molar-refractivity contribution in [1.82, 2.24) is 5.32 Å². The first kappa shape index (κ1) is 11.0. The molecule has 1 rings (SSSR count). The molecule has 0 bridgehead atoms. The van der Waals surface area contributed by atoms with Gasteiger partial charge in [-0.25, -0.2) is 4.79 Å². The molecule has 0 saturated carbocycles. The Morgan fingerprint density at radius 2 is 2.13 bits per heavy atom. The van der Waals surface area contributed by atoms with Gasteiger partial charge in [-0.1, -0.05) is 6.08 Å². The lowest BCUT2D eigenvalue weighted by Gasteiger charge is -1.99. The second kappa shape index (κ2) is 4.99. The summed E-state index contributed by atoms with van der Waals surface area (Å²) in [6.07, 6.45) is 2.32. The summed E-state index contributed by atoms with van der Waals surface area (Å²) in [5, 5.41) is 11.1. The number of nitrogens with one attached hydrogen (secondary N) is 1. The fraction of sp³-hybridized carbons (Fsp3) is 0.200. The van der Waals surface area contributed by atoms with Crippen molar-refractivity contribution in [3.05, 3.63) is 36.3 Å². The zero-order chi connectivity index (χ0) is 11.3. The predicted molar refractivity (Wildman–Crippen MR) is 52.8 cm³/mol. The first-order valence-corrected chi connectivity index (χ1v) is 4.37. The van der Waals surface area contributed by atoms with Crippen LogP contribution < -0.4 is 5.32 Å². The van der Waals surface area contributed by atoms with E-state index in [1.54, 1.807) is 6.08 Å². The van der Waals surface area contributed by atoms with Gasteiger partial charge in [0.05, 0.1) is 0 Å². The Balaban J connectivity index is 2.58. The maximum atomic E-state index is 11.3. The van der Waals surface area contributed by atoms with Gasteiger partial charge in [0.1, 0.15) is 0 Å². The fourth-order valence-electron chi connectivity index (χ4n) is 0.950. The molecule has 0 radical (unpaired) electrons. The molecule has 5 nitrogen and oxygen atoms in total. The Kier molecular flexibility index (Phi) is 3.68. The minimum atomic E-state index is -1.19. The summed E-state index contributed by atoms with van der Waals surface area (Å²) in [5.41, 5.74) is 0. The lowest BCUT2D eigenvalue weighted by Crippen LogP contribution is -2.23. The Hall–Kier alpha value is -2.04. The minimum Gasteiger partial charge on any atom is -0.475 e. The van der Waals surface area contributed by atoms with Gasteiger partial charge in [-0.05, 0) is 18.6 Å². The summed E-state index contributed by atoms with van der Waals surface area (Å²) in [6, 6.07) is 2.57. The molecule has 2 N–H and O–H groups in total. The largest absolute Gasteiger partial charge is 0.475 e. The molecule has 0 aliphatic rings. The van der Waals surface area contributed by atoms with E-state index in [9.17, 15) is 9.59 Å². The van der Waals surface area contributed by atoms with Crippen LogP contribution in [-0.4, -0.2) is 23.5 Å². The predicted octanol–water partition coefficient (Wildman–Crippen LogP) is 1.28. The summed E-state index contributed by atoms with van der Waals surface area (Å²) < 4.78 is 4.80. The van der Waals surface area contributed by atoms with Crippen molar-refractivity contribution in [1.29, 1.82) is 0 Å². The lowest BCUT2D eigenvalue weighted by atomic mass is 10.4. The molecular formula is C10H11NO4. The third kappa shape index (κ3) is 2.98. The number of carboxylic acids is 1. The van der Waals surface area contributed by atoms with Gasteiger partial charge in [0.15, 0.2) is 5.76 Å². The first-order valence-electron chi connectivity index (χ1n) is 4.37. The molecule has 1 aromatic heterocycles. The highest BCUT2D eigenvalue weighted by molar-refractivity contribution is 5.93. The van der Waals surface area contributed by atoms with Crippen LogP contribution in [0.4, 0.5) is 0 Å². The molecule has 0 fully saturated rings. The van der Waals surface area contributed by atoms with Crippen molar-refractivity contribution in [2.45, 2.75) is 6.42 Å². The van der Waals surface area contributed by atoms with Crippen molar-refractivity contribution in [2.75, 3.05) is 6.54 Å². The molecule has 0 aromatic carbocycles. The third-order valence-electron chi connectivity index (χ3n) is 1.67. The number of aromatic carboxylic acids is 1. The molecule has 5 heteroatoms. The van der Waals surface area contributed by atoms with Gasteiger partial charge in [0.2, 0.25) is 5.76 Å². The summed E-state index contributed by atoms with van der Waals surface area (Å²) in [4.78, 5) is 21.8. The van der Waals surface area contributed by atoms with E-state index in [0.717, 1.165) is 0 Å². The van der Waals surface area contributed by atoms with E-state index in [1.165, 1.54) is 12.1 Å². The molecule has 0 atom stereocenters. The molecule has 0 aliphatic carbocycles. The molecule has 1 heterocycles. The van der Waals surface area contributed by atoms with E-state index in [1.807, 2.05) is 0 Å². The molecule has 0 unspecified atom stereocenters. The maximum Gasteiger partial charge on any atom is 0.371 e. The zero-order valence-corrected chi connectivity index (χ0v) is 8.03. The maximum absolute atomic E-state index is 11.3. The van der Waals surface area contributed by atoms with Crippen LogP contribution in [0.15, 0.2) is 29.2 Å². The number of rotatable bonds is 5. The standard InChI is InChI=1S/C10H11NO4/c1-2-3-6-11-9(12)7-4-5-8(15-7)10(13)14/h2,4-5H,1,3,6H2,(H,11,12)(H,13,14). The van der Waals surface area contributed by atoms with Gasteiger partial charge < -0.3 is 14.8 Å². The molecule has 1 aromatic rings. The van der Waals surface area contributed by atoms with Crippen molar-refractivity contribution in [3.63, 3.8) is 0 Å². The second-order valence-electron chi connectivity index (χ2n) is 2.80. The van der Waals surface area contributed by atoms with Crippen LogP contribution in [-0.2, 0) is 0 Å². The normalized spacial score (nSPS) is 9.60. The SMILES string of the molecule is C=CCCNC(=O)c1ccc(C(=O)O)o1. The monoisotopic (exact) mass is 209 g/mol. The molecule has 15 heavy (non-hydrogen) atoms. The molecule has 80 valence electrons. The van der Waals surface area contributed by atoms with Crippen LogP contribution in [0.2, 0.25) is 0 Å². The zero-order valence-electron chi connectivity index (χ0n) is 8.03.